The molecule has 2 aliphatic heterocycles. The Morgan fingerprint density at radius 3 is 2.80 bits per heavy atom. The molecule has 0 unspecified atom stereocenters. The number of aliphatic imine (C=N–C) groups is 1. The van der Waals surface area contributed by atoms with Gasteiger partial charge < -0.3 is 10.2 Å². The maximum absolute atomic E-state index is 4.80. The van der Waals surface area contributed by atoms with Gasteiger partial charge in [0.25, 0.3) is 0 Å². The van der Waals surface area contributed by atoms with Crippen LogP contribution in [0.3, 0.4) is 0 Å². The minimum atomic E-state index is 0.532. The van der Waals surface area contributed by atoms with E-state index in [9.17, 15) is 0 Å². The first-order chi connectivity index (χ1) is 14.8. The molecule has 5 nitrogen and oxygen atoms in total. The van der Waals surface area contributed by atoms with Crippen molar-refractivity contribution in [3.05, 3.63) is 60.0 Å². The van der Waals surface area contributed by atoms with Crippen molar-refractivity contribution in [3.63, 3.8) is 0 Å². The van der Waals surface area contributed by atoms with Gasteiger partial charge >= 0.3 is 0 Å². The molecule has 2 fully saturated rings. The second-order valence-electron chi connectivity index (χ2n) is 9.10. The van der Waals surface area contributed by atoms with Gasteiger partial charge in [-0.2, -0.15) is 0 Å². The second kappa shape index (κ2) is 7.08. The molecule has 1 spiro atoms. The van der Waals surface area contributed by atoms with Crippen LogP contribution in [-0.2, 0) is 6.54 Å². The van der Waals surface area contributed by atoms with Crippen LogP contribution in [0, 0.1) is 5.41 Å². The zero-order valence-electron chi connectivity index (χ0n) is 17.3. The van der Waals surface area contributed by atoms with Crippen molar-refractivity contribution in [2.24, 2.45) is 10.4 Å². The molecule has 0 atom stereocenters. The molecule has 30 heavy (non-hydrogen) atoms. The molecule has 152 valence electrons. The monoisotopic (exact) mass is 397 g/mol. The Hall–Kier alpha value is -2.95. The molecule has 2 aromatic heterocycles. The molecule has 1 aromatic carbocycles. The molecular weight excluding hydrogens is 370 g/mol. The van der Waals surface area contributed by atoms with Crippen LogP contribution in [-0.4, -0.2) is 28.9 Å². The third kappa shape index (κ3) is 3.04. The molecule has 0 amide bonds. The topological polar surface area (TPSA) is 53.4 Å². The average Bonchev–Trinajstić information content (AvgIpc) is 3.38. The number of hydrogen-bond donors (Lipinski definition) is 1. The van der Waals surface area contributed by atoms with Crippen molar-refractivity contribution in [2.75, 3.05) is 23.3 Å². The van der Waals surface area contributed by atoms with Crippen LogP contribution in [0.4, 0.5) is 11.5 Å². The number of aromatic nitrogens is 2. The lowest BCUT2D eigenvalue weighted by atomic mass is 9.73. The molecule has 3 aromatic rings. The molecular formula is C25H27N5. The highest BCUT2D eigenvalue weighted by Gasteiger charge is 2.39. The number of pyridine rings is 2. The number of nitrogens with zero attached hydrogens (tertiary/aromatic N) is 4. The highest BCUT2D eigenvalue weighted by molar-refractivity contribution is 6.10. The summed E-state index contributed by atoms with van der Waals surface area (Å²) in [6.07, 6.45) is 12.1. The number of fused-ring (bicyclic) bond motifs is 2. The van der Waals surface area contributed by atoms with Gasteiger partial charge in [0, 0.05) is 42.1 Å². The molecule has 1 aliphatic carbocycles. The molecule has 6 rings (SSSR count). The number of nitrogens with one attached hydrogen (secondary N) is 1. The van der Waals surface area contributed by atoms with E-state index in [-0.39, 0.29) is 0 Å². The van der Waals surface area contributed by atoms with Gasteiger partial charge in [0.1, 0.15) is 11.5 Å². The SMILES string of the molecule is c1cnc2c(c1)CN=C2Nc1ccc2c(N3CCC4(CCCCC4)C3)nccc2c1. The Morgan fingerprint density at radius 2 is 1.87 bits per heavy atom. The van der Waals surface area contributed by atoms with Crippen molar-refractivity contribution in [2.45, 2.75) is 45.1 Å². The fourth-order valence-corrected chi connectivity index (χ4v) is 5.57. The predicted octanol–water partition coefficient (Wildman–Crippen LogP) is 5.16. The summed E-state index contributed by atoms with van der Waals surface area (Å²) < 4.78 is 0. The zero-order chi connectivity index (χ0) is 20.0. The molecule has 4 heterocycles. The molecule has 3 aliphatic rings. The third-order valence-electron chi connectivity index (χ3n) is 7.18. The van der Waals surface area contributed by atoms with Crippen LogP contribution in [0.2, 0.25) is 0 Å². The largest absolute Gasteiger partial charge is 0.356 e. The summed E-state index contributed by atoms with van der Waals surface area (Å²) in [5.41, 5.74) is 3.72. The van der Waals surface area contributed by atoms with E-state index in [4.69, 9.17) is 4.98 Å². The molecule has 5 heteroatoms. The molecule has 1 saturated heterocycles. The van der Waals surface area contributed by atoms with E-state index in [0.717, 1.165) is 29.6 Å². The van der Waals surface area contributed by atoms with Crippen molar-refractivity contribution in [1.29, 1.82) is 0 Å². The van der Waals surface area contributed by atoms with Crippen LogP contribution in [0.15, 0.2) is 53.8 Å². The summed E-state index contributed by atoms with van der Waals surface area (Å²) in [6, 6.07) is 12.7. The summed E-state index contributed by atoms with van der Waals surface area (Å²) in [7, 11) is 0. The van der Waals surface area contributed by atoms with E-state index in [2.05, 4.69) is 50.5 Å². The molecule has 0 radical (unpaired) electrons. The first-order valence-electron chi connectivity index (χ1n) is 11.2. The number of anilines is 2. The first-order valence-corrected chi connectivity index (χ1v) is 11.2. The third-order valence-corrected chi connectivity index (χ3v) is 7.18. The number of rotatable bonds is 2. The van der Waals surface area contributed by atoms with Crippen LogP contribution in [0.25, 0.3) is 10.8 Å². The molecule has 0 bridgehead atoms. The highest BCUT2D eigenvalue weighted by atomic mass is 15.2. The fourth-order valence-electron chi connectivity index (χ4n) is 5.57. The van der Waals surface area contributed by atoms with Crippen LogP contribution < -0.4 is 10.2 Å². The van der Waals surface area contributed by atoms with Crippen LogP contribution in [0.1, 0.15) is 49.8 Å². The summed E-state index contributed by atoms with van der Waals surface area (Å²) in [6.45, 7) is 2.99. The van der Waals surface area contributed by atoms with Gasteiger partial charge in [-0.15, -0.1) is 0 Å². The minimum Gasteiger partial charge on any atom is -0.356 e. The lowest BCUT2D eigenvalue weighted by Crippen LogP contribution is -2.29. The van der Waals surface area contributed by atoms with Gasteiger partial charge in [-0.05, 0) is 60.4 Å². The van der Waals surface area contributed by atoms with E-state index >= 15 is 0 Å². The Morgan fingerprint density at radius 1 is 0.933 bits per heavy atom. The van der Waals surface area contributed by atoms with Gasteiger partial charge in [-0.25, -0.2) is 4.98 Å². The Balaban J connectivity index is 1.27. The smallest absolute Gasteiger partial charge is 0.152 e. The number of benzene rings is 1. The van der Waals surface area contributed by atoms with Crippen LogP contribution in [0.5, 0.6) is 0 Å². The van der Waals surface area contributed by atoms with Gasteiger partial charge in [0.05, 0.1) is 6.54 Å². The lowest BCUT2D eigenvalue weighted by molar-refractivity contribution is 0.219. The summed E-state index contributed by atoms with van der Waals surface area (Å²) in [5, 5.41) is 5.93. The number of hydrogen-bond acceptors (Lipinski definition) is 5. The summed E-state index contributed by atoms with van der Waals surface area (Å²) in [4.78, 5) is 16.5. The predicted molar refractivity (Wildman–Crippen MR) is 122 cm³/mol. The van der Waals surface area contributed by atoms with E-state index in [1.165, 1.54) is 61.4 Å². The fraction of sp³-hybridized carbons (Fsp3) is 0.400. The maximum atomic E-state index is 4.80. The zero-order valence-corrected chi connectivity index (χ0v) is 17.3. The van der Waals surface area contributed by atoms with Gasteiger partial charge in [0.2, 0.25) is 0 Å². The summed E-state index contributed by atoms with van der Waals surface area (Å²) in [5.74, 6) is 2.00. The van der Waals surface area contributed by atoms with Crippen molar-refractivity contribution >= 4 is 28.1 Å². The average molecular weight is 398 g/mol. The quantitative estimate of drug-likeness (QED) is 0.649. The van der Waals surface area contributed by atoms with E-state index < -0.39 is 0 Å². The maximum Gasteiger partial charge on any atom is 0.152 e. The standard InChI is InChI=1S/C25H27N5/c1-2-9-25(10-3-1)11-14-30(17-25)24-21-7-6-20(15-18(21)8-13-27-24)29-23-22-19(16-28-23)5-4-12-26-22/h4-8,12-13,15H,1-3,9-11,14,16-17H2,(H,28,29). The van der Waals surface area contributed by atoms with Gasteiger partial charge in [-0.1, -0.05) is 25.3 Å². The normalized spacial score (nSPS) is 19.9. The van der Waals surface area contributed by atoms with E-state index in [1.54, 1.807) is 0 Å². The lowest BCUT2D eigenvalue weighted by Gasteiger charge is -2.33. The van der Waals surface area contributed by atoms with Crippen LogP contribution >= 0.6 is 0 Å². The van der Waals surface area contributed by atoms with E-state index in [0.29, 0.717) is 12.0 Å². The molecule has 1 N–H and O–H groups in total. The Kier molecular flexibility index (Phi) is 4.22. The van der Waals surface area contributed by atoms with Crippen molar-refractivity contribution in [3.8, 4) is 0 Å². The van der Waals surface area contributed by atoms with Gasteiger partial charge in [-0.3, -0.25) is 9.98 Å². The highest BCUT2D eigenvalue weighted by Crippen LogP contribution is 2.45. The van der Waals surface area contributed by atoms with E-state index in [1.807, 2.05) is 18.5 Å². The summed E-state index contributed by atoms with van der Waals surface area (Å²) >= 11 is 0. The van der Waals surface area contributed by atoms with Crippen molar-refractivity contribution < 1.29 is 0 Å². The first kappa shape index (κ1) is 17.9. The number of amidine groups is 1. The van der Waals surface area contributed by atoms with Crippen molar-refractivity contribution in [1.82, 2.24) is 9.97 Å². The minimum absolute atomic E-state index is 0.532. The molecule has 1 saturated carbocycles. The Bertz CT molecular complexity index is 1130. The second-order valence-corrected chi connectivity index (χ2v) is 9.10. The van der Waals surface area contributed by atoms with Gasteiger partial charge in [0.15, 0.2) is 5.84 Å². The Labute approximate surface area is 177 Å².